The molecule has 0 aliphatic rings. The van der Waals surface area contributed by atoms with Crippen molar-refractivity contribution < 1.29 is 5.11 Å². The Hall–Kier alpha value is -1.84. The van der Waals surface area contributed by atoms with Crippen molar-refractivity contribution >= 4 is 22.6 Å². The van der Waals surface area contributed by atoms with E-state index in [-0.39, 0.29) is 6.61 Å². The molecule has 0 saturated heterocycles. The van der Waals surface area contributed by atoms with Crippen molar-refractivity contribution in [3.8, 4) is 0 Å². The van der Waals surface area contributed by atoms with Crippen LogP contribution in [-0.2, 0) is 13.2 Å². The summed E-state index contributed by atoms with van der Waals surface area (Å²) >= 11 is 6.18. The normalized spacial score (nSPS) is 11.1. The van der Waals surface area contributed by atoms with E-state index in [1.165, 1.54) is 0 Å². The van der Waals surface area contributed by atoms with Gasteiger partial charge >= 0.3 is 0 Å². The van der Waals surface area contributed by atoms with Gasteiger partial charge in [0.25, 0.3) is 0 Å². The van der Waals surface area contributed by atoms with E-state index in [1.54, 1.807) is 6.20 Å². The summed E-state index contributed by atoms with van der Waals surface area (Å²) in [6, 6.07) is 11.6. The lowest BCUT2D eigenvalue weighted by Gasteiger charge is -2.06. The number of pyridine rings is 1. The van der Waals surface area contributed by atoms with Crippen LogP contribution in [0.15, 0.2) is 48.8 Å². The van der Waals surface area contributed by atoms with E-state index in [1.807, 2.05) is 47.2 Å². The van der Waals surface area contributed by atoms with Gasteiger partial charge in [0.15, 0.2) is 0 Å². The summed E-state index contributed by atoms with van der Waals surface area (Å²) in [5.41, 5.74) is 2.79. The molecule has 0 saturated carbocycles. The van der Waals surface area contributed by atoms with Gasteiger partial charge in [0, 0.05) is 28.4 Å². The zero-order valence-electron chi connectivity index (χ0n) is 10.3. The van der Waals surface area contributed by atoms with Gasteiger partial charge in [-0.2, -0.15) is 0 Å². The maximum Gasteiger partial charge on any atom is 0.140 e. The van der Waals surface area contributed by atoms with E-state index >= 15 is 0 Å². The molecule has 0 aliphatic heterocycles. The number of hydrogen-bond donors (Lipinski definition) is 1. The molecule has 0 radical (unpaired) electrons. The number of aliphatic hydroxyl groups is 1. The average molecular weight is 273 g/mol. The van der Waals surface area contributed by atoms with Gasteiger partial charge in [-0.15, -0.1) is 0 Å². The SMILES string of the molecule is OCc1cn(Cc2ccccc2Cl)c2ncccc12. The van der Waals surface area contributed by atoms with Gasteiger partial charge in [-0.25, -0.2) is 4.98 Å². The highest BCUT2D eigenvalue weighted by Gasteiger charge is 2.09. The molecule has 0 spiro atoms. The predicted molar refractivity (Wildman–Crippen MR) is 76.2 cm³/mol. The number of hydrogen-bond acceptors (Lipinski definition) is 2. The van der Waals surface area contributed by atoms with Crippen LogP contribution in [0.3, 0.4) is 0 Å². The monoisotopic (exact) mass is 272 g/mol. The summed E-state index contributed by atoms with van der Waals surface area (Å²) in [6.07, 6.45) is 3.69. The Morgan fingerprint density at radius 1 is 1.11 bits per heavy atom. The third-order valence-electron chi connectivity index (χ3n) is 3.19. The van der Waals surface area contributed by atoms with E-state index < -0.39 is 0 Å². The van der Waals surface area contributed by atoms with Crippen LogP contribution >= 0.6 is 11.6 Å². The van der Waals surface area contributed by atoms with Gasteiger partial charge in [-0.05, 0) is 23.8 Å². The number of nitrogens with zero attached hydrogens (tertiary/aromatic N) is 2. The van der Waals surface area contributed by atoms with Crippen LogP contribution in [-0.4, -0.2) is 14.7 Å². The Labute approximate surface area is 116 Å². The number of aliphatic hydroxyl groups excluding tert-OH is 1. The fourth-order valence-electron chi connectivity index (χ4n) is 2.25. The van der Waals surface area contributed by atoms with E-state index in [2.05, 4.69) is 4.98 Å². The molecule has 0 atom stereocenters. The quantitative estimate of drug-likeness (QED) is 0.795. The Balaban J connectivity index is 2.09. The second kappa shape index (κ2) is 5.03. The van der Waals surface area contributed by atoms with Crippen LogP contribution in [0.1, 0.15) is 11.1 Å². The molecule has 1 N–H and O–H groups in total. The molecular weight excluding hydrogens is 260 g/mol. The van der Waals surface area contributed by atoms with Crippen molar-refractivity contribution in [1.82, 2.24) is 9.55 Å². The number of rotatable bonds is 3. The standard InChI is InChI=1S/C15H13ClN2O/c16-14-6-2-1-4-11(14)8-18-9-12(10-19)13-5-3-7-17-15(13)18/h1-7,9,19H,8,10H2. The minimum Gasteiger partial charge on any atom is -0.392 e. The van der Waals surface area contributed by atoms with Gasteiger partial charge in [-0.1, -0.05) is 29.8 Å². The van der Waals surface area contributed by atoms with Crippen molar-refractivity contribution in [2.45, 2.75) is 13.2 Å². The van der Waals surface area contributed by atoms with E-state index in [0.29, 0.717) is 6.54 Å². The molecule has 1 aromatic carbocycles. The van der Waals surface area contributed by atoms with Crippen molar-refractivity contribution in [3.05, 3.63) is 64.9 Å². The first-order chi connectivity index (χ1) is 9.29. The zero-order chi connectivity index (χ0) is 13.2. The van der Waals surface area contributed by atoms with E-state index in [9.17, 15) is 5.11 Å². The number of aromatic nitrogens is 2. The van der Waals surface area contributed by atoms with Gasteiger partial charge in [0.1, 0.15) is 5.65 Å². The maximum absolute atomic E-state index is 9.40. The van der Waals surface area contributed by atoms with E-state index in [0.717, 1.165) is 27.2 Å². The summed E-state index contributed by atoms with van der Waals surface area (Å²) < 4.78 is 2.02. The van der Waals surface area contributed by atoms with Gasteiger partial charge in [-0.3, -0.25) is 0 Å². The molecule has 3 aromatic rings. The third-order valence-corrected chi connectivity index (χ3v) is 3.55. The molecule has 0 amide bonds. The molecule has 19 heavy (non-hydrogen) atoms. The Bertz CT molecular complexity index is 721. The van der Waals surface area contributed by atoms with Crippen LogP contribution in [0.25, 0.3) is 11.0 Å². The van der Waals surface area contributed by atoms with Crippen LogP contribution in [0, 0.1) is 0 Å². The number of benzene rings is 1. The first-order valence-electron chi connectivity index (χ1n) is 6.06. The number of halogens is 1. The highest BCUT2D eigenvalue weighted by Crippen LogP contribution is 2.22. The lowest BCUT2D eigenvalue weighted by atomic mass is 10.2. The van der Waals surface area contributed by atoms with Crippen molar-refractivity contribution in [2.75, 3.05) is 0 Å². The molecule has 2 heterocycles. The van der Waals surface area contributed by atoms with Crippen LogP contribution in [0.2, 0.25) is 5.02 Å². The second-order valence-corrected chi connectivity index (χ2v) is 4.81. The molecule has 2 aromatic heterocycles. The zero-order valence-corrected chi connectivity index (χ0v) is 11.0. The molecular formula is C15H13ClN2O. The maximum atomic E-state index is 9.40. The van der Waals surface area contributed by atoms with Gasteiger partial charge in [0.05, 0.1) is 13.2 Å². The summed E-state index contributed by atoms with van der Waals surface area (Å²) in [4.78, 5) is 4.38. The molecule has 96 valence electrons. The molecule has 3 nitrogen and oxygen atoms in total. The summed E-state index contributed by atoms with van der Waals surface area (Å²) in [5, 5.41) is 11.1. The Morgan fingerprint density at radius 2 is 1.95 bits per heavy atom. The van der Waals surface area contributed by atoms with Crippen LogP contribution in [0.4, 0.5) is 0 Å². The first kappa shape index (κ1) is 12.2. The molecule has 4 heteroatoms. The fourth-order valence-corrected chi connectivity index (χ4v) is 2.45. The third kappa shape index (κ3) is 2.23. The van der Waals surface area contributed by atoms with Gasteiger partial charge in [0.2, 0.25) is 0 Å². The molecule has 0 unspecified atom stereocenters. The van der Waals surface area contributed by atoms with Crippen molar-refractivity contribution in [3.63, 3.8) is 0 Å². The Morgan fingerprint density at radius 3 is 2.74 bits per heavy atom. The first-order valence-corrected chi connectivity index (χ1v) is 6.44. The second-order valence-electron chi connectivity index (χ2n) is 4.41. The lowest BCUT2D eigenvalue weighted by molar-refractivity contribution is 0.283. The highest BCUT2D eigenvalue weighted by molar-refractivity contribution is 6.31. The van der Waals surface area contributed by atoms with Crippen LogP contribution < -0.4 is 0 Å². The molecule has 0 aliphatic carbocycles. The minimum atomic E-state index is 0.0116. The van der Waals surface area contributed by atoms with Crippen molar-refractivity contribution in [1.29, 1.82) is 0 Å². The highest BCUT2D eigenvalue weighted by atomic mass is 35.5. The van der Waals surface area contributed by atoms with Crippen LogP contribution in [0.5, 0.6) is 0 Å². The summed E-state index contributed by atoms with van der Waals surface area (Å²) in [6.45, 7) is 0.658. The van der Waals surface area contributed by atoms with E-state index in [4.69, 9.17) is 11.6 Å². The summed E-state index contributed by atoms with van der Waals surface area (Å²) in [5.74, 6) is 0. The lowest BCUT2D eigenvalue weighted by Crippen LogP contribution is -1.99. The Kier molecular flexibility index (Phi) is 3.23. The summed E-state index contributed by atoms with van der Waals surface area (Å²) in [7, 11) is 0. The molecule has 3 rings (SSSR count). The van der Waals surface area contributed by atoms with Gasteiger partial charge < -0.3 is 9.67 Å². The predicted octanol–water partition coefficient (Wildman–Crippen LogP) is 3.23. The number of fused-ring (bicyclic) bond motifs is 1. The topological polar surface area (TPSA) is 38.0 Å². The molecule has 0 fully saturated rings. The largest absolute Gasteiger partial charge is 0.392 e. The van der Waals surface area contributed by atoms with Crippen molar-refractivity contribution in [2.24, 2.45) is 0 Å². The molecule has 0 bridgehead atoms. The fraction of sp³-hybridized carbons (Fsp3) is 0.133. The average Bonchev–Trinajstić information content (AvgIpc) is 2.80. The minimum absolute atomic E-state index is 0.0116. The smallest absolute Gasteiger partial charge is 0.140 e.